The average molecular weight is 475 g/mol. The largest absolute Gasteiger partial charge is 0.497 e. The van der Waals surface area contributed by atoms with Crippen LogP contribution in [-0.4, -0.2) is 46.1 Å². The third kappa shape index (κ3) is 3.98. The molecule has 2 fully saturated rings. The van der Waals surface area contributed by atoms with Crippen LogP contribution < -0.4 is 20.9 Å². The van der Waals surface area contributed by atoms with Crippen molar-refractivity contribution in [2.24, 2.45) is 5.73 Å². The zero-order valence-corrected chi connectivity index (χ0v) is 20.2. The highest BCUT2D eigenvalue weighted by molar-refractivity contribution is 5.96. The van der Waals surface area contributed by atoms with Gasteiger partial charge in [0.15, 0.2) is 5.78 Å². The fourth-order valence-corrected chi connectivity index (χ4v) is 5.21. The van der Waals surface area contributed by atoms with Gasteiger partial charge in [0.25, 0.3) is 5.56 Å². The first-order valence-electron chi connectivity index (χ1n) is 12.2. The maximum Gasteiger partial charge on any atom is 0.278 e. The molecule has 1 atom stereocenters. The second-order valence-electron chi connectivity index (χ2n) is 9.52. The van der Waals surface area contributed by atoms with E-state index in [0.717, 1.165) is 44.5 Å². The van der Waals surface area contributed by atoms with Crippen LogP contribution in [0.5, 0.6) is 5.75 Å². The van der Waals surface area contributed by atoms with E-state index in [2.05, 4.69) is 11.0 Å². The summed E-state index contributed by atoms with van der Waals surface area (Å²) in [6.07, 6.45) is 4.84. The second-order valence-corrected chi connectivity index (χ2v) is 9.52. The van der Waals surface area contributed by atoms with Crippen molar-refractivity contribution in [3.8, 4) is 11.8 Å². The Hall–Kier alpha value is -3.64. The van der Waals surface area contributed by atoms with E-state index in [0.29, 0.717) is 40.3 Å². The van der Waals surface area contributed by atoms with Crippen LogP contribution in [0.3, 0.4) is 0 Å². The molecular weight excluding hydrogens is 444 g/mol. The Morgan fingerprint density at radius 2 is 2.09 bits per heavy atom. The van der Waals surface area contributed by atoms with Crippen LogP contribution in [0.25, 0.3) is 11.0 Å². The number of anilines is 1. The van der Waals surface area contributed by atoms with Gasteiger partial charge in [0, 0.05) is 30.7 Å². The summed E-state index contributed by atoms with van der Waals surface area (Å²) in [5, 5.41) is 10.2. The van der Waals surface area contributed by atoms with E-state index in [4.69, 9.17) is 15.5 Å². The molecule has 1 aliphatic carbocycles. The number of piperidine rings is 1. The van der Waals surface area contributed by atoms with Gasteiger partial charge in [0.2, 0.25) is 0 Å². The molecule has 35 heavy (non-hydrogen) atoms. The Balaban J connectivity index is 1.66. The van der Waals surface area contributed by atoms with Crippen molar-refractivity contribution in [3.63, 3.8) is 0 Å². The highest BCUT2D eigenvalue weighted by atomic mass is 16.5. The van der Waals surface area contributed by atoms with Crippen LogP contribution in [0.1, 0.15) is 59.9 Å². The van der Waals surface area contributed by atoms with Crippen molar-refractivity contribution < 1.29 is 9.53 Å². The minimum Gasteiger partial charge on any atom is -0.497 e. The van der Waals surface area contributed by atoms with Gasteiger partial charge < -0.3 is 19.9 Å². The number of ketones is 1. The molecule has 3 aromatic rings. The molecule has 2 N–H and O–H groups in total. The van der Waals surface area contributed by atoms with Crippen molar-refractivity contribution in [1.82, 2.24) is 14.1 Å². The first kappa shape index (κ1) is 23.1. The van der Waals surface area contributed by atoms with Gasteiger partial charge in [-0.1, -0.05) is 12.1 Å². The molecular formula is C26H30N6O3. The van der Waals surface area contributed by atoms with Crippen molar-refractivity contribution in [1.29, 1.82) is 5.26 Å². The summed E-state index contributed by atoms with van der Waals surface area (Å²) in [6, 6.07) is 9.38. The number of nitrogens with two attached hydrogens (primary N) is 1. The SMILES string of the molecule is COc1cccc(C(=O)Cn2c(C)nc3c(C#N)c(N4CCC[C@@H](N)C4)n(C4CCC4)c3c2=O)c1. The quantitative estimate of drug-likeness (QED) is 0.546. The minimum absolute atomic E-state index is 0.0231. The normalized spacial score (nSPS) is 18.3. The van der Waals surface area contributed by atoms with Crippen LogP contribution >= 0.6 is 0 Å². The van der Waals surface area contributed by atoms with E-state index in [1.807, 2.05) is 4.57 Å². The van der Waals surface area contributed by atoms with Crippen LogP contribution in [0.15, 0.2) is 29.1 Å². The summed E-state index contributed by atoms with van der Waals surface area (Å²) in [4.78, 5) is 33.9. The lowest BCUT2D eigenvalue weighted by molar-refractivity contribution is 0.0969. The molecule has 0 spiro atoms. The number of nitrogens with zero attached hydrogens (tertiary/aromatic N) is 5. The lowest BCUT2D eigenvalue weighted by Gasteiger charge is -2.37. The zero-order chi connectivity index (χ0) is 24.7. The topological polar surface area (TPSA) is 119 Å². The minimum atomic E-state index is -0.292. The molecule has 2 aliphatic rings. The molecule has 9 heteroatoms. The van der Waals surface area contributed by atoms with Gasteiger partial charge >= 0.3 is 0 Å². The van der Waals surface area contributed by atoms with Gasteiger partial charge in [0.05, 0.1) is 13.7 Å². The summed E-state index contributed by atoms with van der Waals surface area (Å²) in [6.45, 7) is 2.99. The number of fused-ring (bicyclic) bond motifs is 1. The van der Waals surface area contributed by atoms with Crippen LogP contribution in [-0.2, 0) is 6.54 Å². The van der Waals surface area contributed by atoms with Crippen molar-refractivity contribution in [3.05, 3.63) is 51.6 Å². The molecule has 0 unspecified atom stereocenters. The highest BCUT2D eigenvalue weighted by Gasteiger charge is 2.34. The molecule has 9 nitrogen and oxygen atoms in total. The number of carbonyl (C=O) groups excluding carboxylic acids is 1. The highest BCUT2D eigenvalue weighted by Crippen LogP contribution is 2.41. The number of aromatic nitrogens is 3. The Bertz CT molecular complexity index is 1390. The zero-order valence-electron chi connectivity index (χ0n) is 20.2. The molecule has 0 bridgehead atoms. The maximum absolute atomic E-state index is 13.9. The molecule has 2 aromatic heterocycles. The van der Waals surface area contributed by atoms with Crippen molar-refractivity contribution in [2.75, 3.05) is 25.1 Å². The number of rotatable bonds is 6. The Morgan fingerprint density at radius 1 is 1.29 bits per heavy atom. The Morgan fingerprint density at radius 3 is 2.74 bits per heavy atom. The predicted octanol–water partition coefficient (Wildman–Crippen LogP) is 2.92. The van der Waals surface area contributed by atoms with Crippen LogP contribution in [0.2, 0.25) is 0 Å². The number of hydrogen-bond acceptors (Lipinski definition) is 7. The average Bonchev–Trinajstić information content (AvgIpc) is 3.14. The fraction of sp³-hybridized carbons (Fsp3) is 0.462. The lowest BCUT2D eigenvalue weighted by atomic mass is 9.92. The van der Waals surface area contributed by atoms with E-state index in [-0.39, 0.29) is 30.0 Å². The van der Waals surface area contributed by atoms with E-state index in [1.54, 1.807) is 38.3 Å². The molecule has 3 heterocycles. The first-order chi connectivity index (χ1) is 16.9. The van der Waals surface area contributed by atoms with E-state index in [9.17, 15) is 14.9 Å². The number of methoxy groups -OCH3 is 1. The van der Waals surface area contributed by atoms with Gasteiger partial charge in [-0.3, -0.25) is 14.2 Å². The number of hydrogen-bond donors (Lipinski definition) is 1. The van der Waals surface area contributed by atoms with Gasteiger partial charge in [-0.2, -0.15) is 5.26 Å². The second kappa shape index (κ2) is 9.19. The van der Waals surface area contributed by atoms with Crippen molar-refractivity contribution in [2.45, 2.75) is 57.7 Å². The molecule has 1 aromatic carbocycles. The molecule has 1 aliphatic heterocycles. The predicted molar refractivity (Wildman–Crippen MR) is 133 cm³/mol. The number of ether oxygens (including phenoxy) is 1. The van der Waals surface area contributed by atoms with Crippen LogP contribution in [0, 0.1) is 18.3 Å². The smallest absolute Gasteiger partial charge is 0.278 e. The van der Waals surface area contributed by atoms with Gasteiger partial charge in [-0.15, -0.1) is 0 Å². The first-order valence-corrected chi connectivity index (χ1v) is 12.2. The number of Topliss-reactive ketones (excluding diaryl/α,β-unsaturated/α-hetero) is 1. The number of aryl methyl sites for hydroxylation is 1. The Kier molecular flexibility index (Phi) is 6.07. The molecule has 0 amide bonds. The molecule has 1 saturated heterocycles. The number of benzene rings is 1. The monoisotopic (exact) mass is 474 g/mol. The van der Waals surface area contributed by atoms with Gasteiger partial charge in [-0.25, -0.2) is 4.98 Å². The third-order valence-electron chi connectivity index (χ3n) is 7.27. The number of carbonyl (C=O) groups is 1. The number of nitriles is 1. The maximum atomic E-state index is 13.9. The molecule has 0 radical (unpaired) electrons. The van der Waals surface area contributed by atoms with E-state index in [1.165, 1.54) is 4.57 Å². The molecule has 1 saturated carbocycles. The summed E-state index contributed by atoms with van der Waals surface area (Å²) in [5.74, 6) is 1.53. The summed E-state index contributed by atoms with van der Waals surface area (Å²) in [7, 11) is 1.55. The third-order valence-corrected chi connectivity index (χ3v) is 7.27. The van der Waals surface area contributed by atoms with E-state index >= 15 is 0 Å². The van der Waals surface area contributed by atoms with Gasteiger partial charge in [-0.05, 0) is 51.2 Å². The molecule has 5 rings (SSSR count). The summed E-state index contributed by atoms with van der Waals surface area (Å²) >= 11 is 0. The summed E-state index contributed by atoms with van der Waals surface area (Å²) in [5.41, 5.74) is 7.69. The standard InChI is InChI=1S/C26H30N6O3/c1-16-29-23-21(13-27)25(30-11-5-7-18(28)14-30)32(19-8-4-9-19)24(23)26(34)31(16)15-22(33)17-6-3-10-20(12-17)35-2/h3,6,10,12,18-19H,4-5,7-9,11,14-15,28H2,1-2H3/t18-/m1/s1. The summed E-state index contributed by atoms with van der Waals surface area (Å²) < 4.78 is 8.68. The van der Waals surface area contributed by atoms with Crippen molar-refractivity contribution >= 4 is 22.6 Å². The van der Waals surface area contributed by atoms with E-state index < -0.39 is 0 Å². The fourth-order valence-electron chi connectivity index (χ4n) is 5.21. The lowest BCUT2D eigenvalue weighted by Crippen LogP contribution is -2.44. The Labute approximate surface area is 203 Å². The van der Waals surface area contributed by atoms with Gasteiger partial charge in [0.1, 0.15) is 40.1 Å². The molecule has 182 valence electrons. The van der Waals surface area contributed by atoms with Crippen LogP contribution in [0.4, 0.5) is 5.82 Å².